The first-order valence-electron chi connectivity index (χ1n) is 3.48. The molecule has 0 rings (SSSR count). The summed E-state index contributed by atoms with van der Waals surface area (Å²) in [5.41, 5.74) is 5.44. The van der Waals surface area contributed by atoms with Gasteiger partial charge < -0.3 is 10.5 Å². The summed E-state index contributed by atoms with van der Waals surface area (Å²) in [6, 6.07) is -0.0424. The molecule has 2 heteroatoms. The topological polar surface area (TPSA) is 35.2 Å². The molecule has 10 heavy (non-hydrogen) atoms. The van der Waals surface area contributed by atoms with E-state index in [1.807, 2.05) is 20.8 Å². The van der Waals surface area contributed by atoms with E-state index in [4.69, 9.17) is 10.5 Å². The summed E-state index contributed by atoms with van der Waals surface area (Å²) >= 11 is 0. The molecule has 0 aliphatic rings. The molecule has 0 spiro atoms. The standard InChI is InChI=1S/C8H17NO/c1-5-7(9)6-10-8(2,3)4/h5,7H,1,6,9H2,2-4H3. The van der Waals surface area contributed by atoms with Gasteiger partial charge in [-0.25, -0.2) is 0 Å². The van der Waals surface area contributed by atoms with E-state index in [0.29, 0.717) is 6.61 Å². The van der Waals surface area contributed by atoms with Crippen molar-refractivity contribution >= 4 is 0 Å². The second-order valence-corrected chi connectivity index (χ2v) is 3.32. The van der Waals surface area contributed by atoms with Crippen molar-refractivity contribution in [3.63, 3.8) is 0 Å². The summed E-state index contributed by atoms with van der Waals surface area (Å²) in [5.74, 6) is 0. The Hall–Kier alpha value is -0.340. The minimum atomic E-state index is -0.0966. The lowest BCUT2D eigenvalue weighted by Crippen LogP contribution is -2.30. The highest BCUT2D eigenvalue weighted by atomic mass is 16.5. The third-order valence-electron chi connectivity index (χ3n) is 1.01. The average Bonchev–Trinajstić information content (AvgIpc) is 1.81. The molecule has 60 valence electrons. The lowest BCUT2D eigenvalue weighted by Gasteiger charge is -2.20. The molecule has 2 nitrogen and oxygen atoms in total. The zero-order chi connectivity index (χ0) is 8.20. The van der Waals surface area contributed by atoms with Crippen LogP contribution in [0, 0.1) is 0 Å². The molecule has 0 saturated carbocycles. The molecule has 0 radical (unpaired) electrons. The predicted octanol–water partition coefficient (Wildman–Crippen LogP) is 1.31. The Bertz CT molecular complexity index is 104. The van der Waals surface area contributed by atoms with Crippen molar-refractivity contribution in [1.29, 1.82) is 0 Å². The highest BCUT2D eigenvalue weighted by molar-refractivity contribution is 4.82. The molecule has 2 N–H and O–H groups in total. The van der Waals surface area contributed by atoms with Crippen molar-refractivity contribution < 1.29 is 4.74 Å². The van der Waals surface area contributed by atoms with Gasteiger partial charge in [-0.15, -0.1) is 6.58 Å². The number of nitrogens with two attached hydrogens (primary N) is 1. The van der Waals surface area contributed by atoms with Crippen LogP contribution >= 0.6 is 0 Å². The Morgan fingerprint density at radius 3 is 2.40 bits per heavy atom. The molecule has 0 bridgehead atoms. The number of hydrogen-bond donors (Lipinski definition) is 1. The quantitative estimate of drug-likeness (QED) is 0.605. The molecular formula is C8H17NO. The third kappa shape index (κ3) is 5.79. The second-order valence-electron chi connectivity index (χ2n) is 3.32. The maximum Gasteiger partial charge on any atom is 0.0660 e. The van der Waals surface area contributed by atoms with E-state index in [2.05, 4.69) is 6.58 Å². The summed E-state index contributed by atoms with van der Waals surface area (Å²) in [7, 11) is 0. The van der Waals surface area contributed by atoms with Crippen LogP contribution in [-0.2, 0) is 4.74 Å². The largest absolute Gasteiger partial charge is 0.374 e. The molecule has 0 fully saturated rings. The van der Waals surface area contributed by atoms with E-state index in [1.165, 1.54) is 0 Å². The van der Waals surface area contributed by atoms with Gasteiger partial charge in [0.05, 0.1) is 12.2 Å². The monoisotopic (exact) mass is 143 g/mol. The summed E-state index contributed by atoms with van der Waals surface area (Å²) < 4.78 is 5.39. The minimum absolute atomic E-state index is 0.0424. The Balaban J connectivity index is 3.45. The maximum atomic E-state index is 5.54. The average molecular weight is 143 g/mol. The van der Waals surface area contributed by atoms with Crippen molar-refractivity contribution in [3.05, 3.63) is 12.7 Å². The van der Waals surface area contributed by atoms with Crippen LogP contribution in [-0.4, -0.2) is 18.2 Å². The predicted molar refractivity (Wildman–Crippen MR) is 43.9 cm³/mol. The molecule has 0 aromatic carbocycles. The van der Waals surface area contributed by atoms with Gasteiger partial charge >= 0.3 is 0 Å². The molecule has 1 atom stereocenters. The number of hydrogen-bond acceptors (Lipinski definition) is 2. The first-order chi connectivity index (χ1) is 4.45. The van der Waals surface area contributed by atoms with Crippen LogP contribution in [0.5, 0.6) is 0 Å². The fourth-order valence-corrected chi connectivity index (χ4v) is 0.414. The summed E-state index contributed by atoms with van der Waals surface area (Å²) in [6.07, 6.45) is 1.69. The highest BCUT2D eigenvalue weighted by Gasteiger charge is 2.10. The summed E-state index contributed by atoms with van der Waals surface area (Å²) in [5, 5.41) is 0. The van der Waals surface area contributed by atoms with Crippen molar-refractivity contribution in [2.75, 3.05) is 6.61 Å². The van der Waals surface area contributed by atoms with Gasteiger partial charge in [0.25, 0.3) is 0 Å². The van der Waals surface area contributed by atoms with Crippen LogP contribution in [0.3, 0.4) is 0 Å². The van der Waals surface area contributed by atoms with E-state index < -0.39 is 0 Å². The molecule has 0 aromatic rings. The molecule has 0 heterocycles. The SMILES string of the molecule is C=CC(N)COC(C)(C)C. The van der Waals surface area contributed by atoms with Crippen LogP contribution in [0.25, 0.3) is 0 Å². The lowest BCUT2D eigenvalue weighted by atomic mass is 10.2. The normalized spacial score (nSPS) is 14.8. The van der Waals surface area contributed by atoms with Crippen LogP contribution in [0.15, 0.2) is 12.7 Å². The summed E-state index contributed by atoms with van der Waals surface area (Å²) in [4.78, 5) is 0. The Kier molecular flexibility index (Phi) is 3.61. The number of rotatable bonds is 3. The lowest BCUT2D eigenvalue weighted by molar-refractivity contribution is -0.00511. The molecular weight excluding hydrogens is 126 g/mol. The molecule has 0 aromatic heterocycles. The molecule has 0 amide bonds. The van der Waals surface area contributed by atoms with Crippen molar-refractivity contribution in [1.82, 2.24) is 0 Å². The van der Waals surface area contributed by atoms with E-state index in [1.54, 1.807) is 6.08 Å². The van der Waals surface area contributed by atoms with Gasteiger partial charge in [-0.1, -0.05) is 6.08 Å². The van der Waals surface area contributed by atoms with Crippen molar-refractivity contribution in [2.24, 2.45) is 5.73 Å². The smallest absolute Gasteiger partial charge is 0.0660 e. The van der Waals surface area contributed by atoms with Crippen LogP contribution < -0.4 is 5.73 Å². The molecule has 0 aliphatic heterocycles. The van der Waals surface area contributed by atoms with Crippen LogP contribution in [0.4, 0.5) is 0 Å². The van der Waals surface area contributed by atoms with Crippen LogP contribution in [0.1, 0.15) is 20.8 Å². The fourth-order valence-electron chi connectivity index (χ4n) is 0.414. The second kappa shape index (κ2) is 3.74. The summed E-state index contributed by atoms with van der Waals surface area (Å²) in [6.45, 7) is 10.1. The maximum absolute atomic E-state index is 5.54. The van der Waals surface area contributed by atoms with Gasteiger partial charge in [0.15, 0.2) is 0 Å². The van der Waals surface area contributed by atoms with Gasteiger partial charge in [0.1, 0.15) is 0 Å². The molecule has 0 aliphatic carbocycles. The first kappa shape index (κ1) is 9.66. The van der Waals surface area contributed by atoms with Gasteiger partial charge in [0, 0.05) is 6.04 Å². The Morgan fingerprint density at radius 2 is 2.10 bits per heavy atom. The van der Waals surface area contributed by atoms with Crippen LogP contribution in [0.2, 0.25) is 0 Å². The fraction of sp³-hybridized carbons (Fsp3) is 0.750. The zero-order valence-corrected chi connectivity index (χ0v) is 7.05. The van der Waals surface area contributed by atoms with E-state index >= 15 is 0 Å². The van der Waals surface area contributed by atoms with Gasteiger partial charge in [0.2, 0.25) is 0 Å². The van der Waals surface area contributed by atoms with E-state index in [9.17, 15) is 0 Å². The number of ether oxygens (including phenoxy) is 1. The van der Waals surface area contributed by atoms with E-state index in [0.717, 1.165) is 0 Å². The zero-order valence-electron chi connectivity index (χ0n) is 7.05. The third-order valence-corrected chi connectivity index (χ3v) is 1.01. The Morgan fingerprint density at radius 1 is 1.60 bits per heavy atom. The first-order valence-corrected chi connectivity index (χ1v) is 3.48. The Labute approximate surface area is 63.1 Å². The molecule has 1 unspecified atom stereocenters. The highest BCUT2D eigenvalue weighted by Crippen LogP contribution is 2.06. The van der Waals surface area contributed by atoms with Gasteiger partial charge in [-0.2, -0.15) is 0 Å². The minimum Gasteiger partial charge on any atom is -0.374 e. The van der Waals surface area contributed by atoms with Gasteiger partial charge in [-0.05, 0) is 20.8 Å². The molecule has 0 saturated heterocycles. The van der Waals surface area contributed by atoms with Crippen molar-refractivity contribution in [3.8, 4) is 0 Å². The van der Waals surface area contributed by atoms with Crippen molar-refractivity contribution in [2.45, 2.75) is 32.4 Å². The van der Waals surface area contributed by atoms with Gasteiger partial charge in [-0.3, -0.25) is 0 Å². The van der Waals surface area contributed by atoms with E-state index in [-0.39, 0.29) is 11.6 Å².